The molecule has 0 radical (unpaired) electrons. The Morgan fingerprint density at radius 1 is 1.20 bits per heavy atom. The minimum atomic E-state index is -0.642. The smallest absolute Gasteiger partial charge is 0.127 e. The number of aliphatic hydroxyl groups is 1. The molecule has 1 aromatic carbocycles. The third-order valence-corrected chi connectivity index (χ3v) is 2.77. The third kappa shape index (κ3) is 5.77. The van der Waals surface area contributed by atoms with Gasteiger partial charge in [0.1, 0.15) is 24.2 Å². The molecule has 1 unspecified atom stereocenters. The van der Waals surface area contributed by atoms with Crippen LogP contribution in [0.25, 0.3) is 0 Å². The van der Waals surface area contributed by atoms with Gasteiger partial charge in [0.15, 0.2) is 0 Å². The Hall–Kier alpha value is -1.30. The Kier molecular flexibility index (Phi) is 7.36. The van der Waals surface area contributed by atoms with Gasteiger partial charge in [0.2, 0.25) is 0 Å². The predicted molar refractivity (Wildman–Crippen MR) is 78.3 cm³/mol. The minimum absolute atomic E-state index is 0.190. The Labute approximate surface area is 120 Å². The second kappa shape index (κ2) is 8.79. The van der Waals surface area contributed by atoms with Gasteiger partial charge in [0, 0.05) is 31.3 Å². The van der Waals surface area contributed by atoms with E-state index in [2.05, 4.69) is 19.2 Å². The Balaban J connectivity index is 2.72. The van der Waals surface area contributed by atoms with Gasteiger partial charge in [-0.25, -0.2) is 0 Å². The molecule has 1 atom stereocenters. The second-order valence-electron chi connectivity index (χ2n) is 4.93. The molecule has 0 fully saturated rings. The molecule has 0 saturated heterocycles. The Morgan fingerprint density at radius 2 is 1.95 bits per heavy atom. The summed E-state index contributed by atoms with van der Waals surface area (Å²) in [4.78, 5) is 0. The van der Waals surface area contributed by atoms with Gasteiger partial charge < -0.3 is 24.6 Å². The van der Waals surface area contributed by atoms with Crippen LogP contribution in [0.5, 0.6) is 11.5 Å². The van der Waals surface area contributed by atoms with Crippen molar-refractivity contribution in [3.05, 3.63) is 23.8 Å². The topological polar surface area (TPSA) is 60.0 Å². The van der Waals surface area contributed by atoms with Crippen LogP contribution in [-0.4, -0.2) is 44.7 Å². The first-order chi connectivity index (χ1) is 9.56. The van der Waals surface area contributed by atoms with E-state index in [1.165, 1.54) is 0 Å². The lowest BCUT2D eigenvalue weighted by atomic mass is 10.1. The average Bonchev–Trinajstić information content (AvgIpc) is 2.43. The highest BCUT2D eigenvalue weighted by molar-refractivity contribution is 5.40. The SMILES string of the molecule is COCC(O)COc1cc(OC)ccc1CNC(C)C. The molecule has 114 valence electrons. The highest BCUT2D eigenvalue weighted by atomic mass is 16.5. The van der Waals surface area contributed by atoms with Crippen LogP contribution in [-0.2, 0) is 11.3 Å². The van der Waals surface area contributed by atoms with E-state index in [1.54, 1.807) is 14.2 Å². The van der Waals surface area contributed by atoms with Crippen LogP contribution in [0.15, 0.2) is 18.2 Å². The van der Waals surface area contributed by atoms with Crippen molar-refractivity contribution in [2.24, 2.45) is 0 Å². The van der Waals surface area contributed by atoms with Gasteiger partial charge in [-0.15, -0.1) is 0 Å². The third-order valence-electron chi connectivity index (χ3n) is 2.77. The van der Waals surface area contributed by atoms with Crippen LogP contribution >= 0.6 is 0 Å². The van der Waals surface area contributed by atoms with Crippen molar-refractivity contribution >= 4 is 0 Å². The molecule has 1 rings (SSSR count). The van der Waals surface area contributed by atoms with Crippen molar-refractivity contribution in [2.45, 2.75) is 32.5 Å². The number of ether oxygens (including phenoxy) is 3. The van der Waals surface area contributed by atoms with E-state index in [0.717, 1.165) is 11.3 Å². The van der Waals surface area contributed by atoms with E-state index < -0.39 is 6.10 Å². The fraction of sp³-hybridized carbons (Fsp3) is 0.600. The monoisotopic (exact) mass is 283 g/mol. The zero-order valence-corrected chi connectivity index (χ0v) is 12.7. The Bertz CT molecular complexity index is 395. The van der Waals surface area contributed by atoms with E-state index >= 15 is 0 Å². The number of benzene rings is 1. The number of aliphatic hydroxyl groups excluding tert-OH is 1. The van der Waals surface area contributed by atoms with Crippen LogP contribution in [0.2, 0.25) is 0 Å². The highest BCUT2D eigenvalue weighted by Gasteiger charge is 2.10. The van der Waals surface area contributed by atoms with Crippen molar-refractivity contribution < 1.29 is 19.3 Å². The normalized spacial score (nSPS) is 12.5. The number of hydrogen-bond donors (Lipinski definition) is 2. The molecule has 5 heteroatoms. The van der Waals surface area contributed by atoms with Gasteiger partial charge in [-0.05, 0) is 6.07 Å². The summed E-state index contributed by atoms with van der Waals surface area (Å²) in [5.41, 5.74) is 1.03. The fourth-order valence-electron chi connectivity index (χ4n) is 1.68. The molecule has 0 amide bonds. The summed E-state index contributed by atoms with van der Waals surface area (Å²) in [6.07, 6.45) is -0.642. The van der Waals surface area contributed by atoms with Crippen molar-refractivity contribution in [3.8, 4) is 11.5 Å². The molecule has 0 saturated carbocycles. The molecule has 0 aliphatic heterocycles. The molecule has 0 spiro atoms. The summed E-state index contributed by atoms with van der Waals surface area (Å²) in [5.74, 6) is 1.45. The first kappa shape index (κ1) is 16.8. The molecule has 2 N–H and O–H groups in total. The quantitative estimate of drug-likeness (QED) is 0.720. The molecule has 0 heterocycles. The van der Waals surface area contributed by atoms with Gasteiger partial charge in [-0.1, -0.05) is 19.9 Å². The summed E-state index contributed by atoms with van der Waals surface area (Å²) in [6.45, 7) is 5.33. The maximum Gasteiger partial charge on any atom is 0.127 e. The van der Waals surface area contributed by atoms with Crippen molar-refractivity contribution in [1.29, 1.82) is 0 Å². The summed E-state index contributed by atoms with van der Waals surface area (Å²) in [6, 6.07) is 6.09. The first-order valence-corrected chi connectivity index (χ1v) is 6.77. The average molecular weight is 283 g/mol. The van der Waals surface area contributed by atoms with Crippen LogP contribution in [0.1, 0.15) is 19.4 Å². The zero-order valence-electron chi connectivity index (χ0n) is 12.7. The van der Waals surface area contributed by atoms with Crippen LogP contribution in [0.4, 0.5) is 0 Å². The maximum atomic E-state index is 9.65. The van der Waals surface area contributed by atoms with E-state index in [-0.39, 0.29) is 13.2 Å². The molecule has 0 bridgehead atoms. The van der Waals surface area contributed by atoms with Gasteiger partial charge in [0.05, 0.1) is 13.7 Å². The molecule has 0 aromatic heterocycles. The highest BCUT2D eigenvalue weighted by Crippen LogP contribution is 2.25. The second-order valence-corrected chi connectivity index (χ2v) is 4.93. The van der Waals surface area contributed by atoms with Crippen molar-refractivity contribution in [3.63, 3.8) is 0 Å². The summed E-state index contributed by atoms with van der Waals surface area (Å²) in [5, 5.41) is 13.0. The minimum Gasteiger partial charge on any atom is -0.497 e. The number of nitrogens with one attached hydrogen (secondary N) is 1. The van der Waals surface area contributed by atoms with E-state index in [9.17, 15) is 5.11 Å². The Morgan fingerprint density at radius 3 is 2.55 bits per heavy atom. The lowest BCUT2D eigenvalue weighted by Crippen LogP contribution is -2.24. The summed E-state index contributed by atoms with van der Waals surface area (Å²) < 4.78 is 15.8. The largest absolute Gasteiger partial charge is 0.497 e. The van der Waals surface area contributed by atoms with Gasteiger partial charge in [-0.3, -0.25) is 0 Å². The summed E-state index contributed by atoms with van der Waals surface area (Å²) >= 11 is 0. The van der Waals surface area contributed by atoms with Crippen LogP contribution in [0, 0.1) is 0 Å². The van der Waals surface area contributed by atoms with Crippen LogP contribution < -0.4 is 14.8 Å². The van der Waals surface area contributed by atoms with Gasteiger partial charge in [0.25, 0.3) is 0 Å². The lowest BCUT2D eigenvalue weighted by Gasteiger charge is -2.16. The van der Waals surface area contributed by atoms with Crippen molar-refractivity contribution in [1.82, 2.24) is 5.32 Å². The maximum absolute atomic E-state index is 9.65. The van der Waals surface area contributed by atoms with E-state index in [1.807, 2.05) is 18.2 Å². The molecule has 20 heavy (non-hydrogen) atoms. The van der Waals surface area contributed by atoms with Crippen molar-refractivity contribution in [2.75, 3.05) is 27.4 Å². The molecule has 5 nitrogen and oxygen atoms in total. The molecule has 1 aromatic rings. The zero-order chi connectivity index (χ0) is 15.0. The lowest BCUT2D eigenvalue weighted by molar-refractivity contribution is 0.0322. The summed E-state index contributed by atoms with van der Waals surface area (Å²) in [7, 11) is 3.16. The molecular formula is C15H25NO4. The fourth-order valence-corrected chi connectivity index (χ4v) is 1.68. The number of hydrogen-bond acceptors (Lipinski definition) is 5. The number of rotatable bonds is 9. The van der Waals surface area contributed by atoms with E-state index in [4.69, 9.17) is 14.2 Å². The van der Waals surface area contributed by atoms with E-state index in [0.29, 0.717) is 18.3 Å². The van der Waals surface area contributed by atoms with Gasteiger partial charge >= 0.3 is 0 Å². The number of methoxy groups -OCH3 is 2. The predicted octanol–water partition coefficient (Wildman–Crippen LogP) is 1.58. The van der Waals surface area contributed by atoms with Crippen LogP contribution in [0.3, 0.4) is 0 Å². The molecule has 0 aliphatic rings. The molecule has 0 aliphatic carbocycles. The first-order valence-electron chi connectivity index (χ1n) is 6.77. The standard InChI is InChI=1S/C15H25NO4/c1-11(2)16-8-12-5-6-14(19-4)7-15(12)20-10-13(17)9-18-3/h5-7,11,13,16-17H,8-10H2,1-4H3. The molecular weight excluding hydrogens is 258 g/mol. The van der Waals surface area contributed by atoms with Gasteiger partial charge in [-0.2, -0.15) is 0 Å².